The highest BCUT2D eigenvalue weighted by atomic mass is 79.9. The largest absolute Gasteiger partial charge is 0.378 e. The Kier molecular flexibility index (Phi) is 5.00. The zero-order valence-electron chi connectivity index (χ0n) is 10.2. The highest BCUT2D eigenvalue weighted by molar-refractivity contribution is 9.10. The number of ketones is 1. The van der Waals surface area contributed by atoms with Crippen LogP contribution in [-0.2, 0) is 11.2 Å². The first-order chi connectivity index (χ1) is 9.15. The van der Waals surface area contributed by atoms with Gasteiger partial charge in [-0.1, -0.05) is 51.8 Å². The van der Waals surface area contributed by atoms with Crippen molar-refractivity contribution in [1.29, 1.82) is 0 Å². The van der Waals surface area contributed by atoms with Crippen LogP contribution in [0.5, 0.6) is 0 Å². The Hall–Kier alpha value is -1.32. The third-order valence-electron chi connectivity index (χ3n) is 2.67. The van der Waals surface area contributed by atoms with Crippen molar-refractivity contribution in [1.82, 2.24) is 0 Å². The molecule has 2 nitrogen and oxygen atoms in total. The molecule has 0 radical (unpaired) electrons. The number of carbonyl (C=O) groups is 1. The summed E-state index contributed by atoms with van der Waals surface area (Å²) in [4.78, 5) is 11.9. The molecule has 0 amide bonds. The van der Waals surface area contributed by atoms with E-state index in [2.05, 4.69) is 21.2 Å². The van der Waals surface area contributed by atoms with Crippen LogP contribution < -0.4 is 5.32 Å². The minimum Gasteiger partial charge on any atom is -0.378 e. The minimum absolute atomic E-state index is 0.105. The molecule has 0 heterocycles. The summed E-state index contributed by atoms with van der Waals surface area (Å²) >= 11 is 9.43. The van der Waals surface area contributed by atoms with Gasteiger partial charge in [-0.25, -0.2) is 0 Å². The summed E-state index contributed by atoms with van der Waals surface area (Å²) in [5.74, 6) is 0.105. The zero-order chi connectivity index (χ0) is 13.7. The number of halogens is 2. The van der Waals surface area contributed by atoms with Crippen molar-refractivity contribution in [3.8, 4) is 0 Å². The van der Waals surface area contributed by atoms with Gasteiger partial charge in [0.2, 0.25) is 0 Å². The predicted molar refractivity (Wildman–Crippen MR) is 82.8 cm³/mol. The first-order valence-electron chi connectivity index (χ1n) is 5.90. The lowest BCUT2D eigenvalue weighted by molar-refractivity contribution is -0.116. The lowest BCUT2D eigenvalue weighted by atomic mass is 10.1. The number of nitrogens with one attached hydrogen (secondary N) is 1. The van der Waals surface area contributed by atoms with Crippen molar-refractivity contribution in [2.45, 2.75) is 6.42 Å². The molecule has 98 valence electrons. The number of benzene rings is 2. The first-order valence-corrected chi connectivity index (χ1v) is 7.07. The summed E-state index contributed by atoms with van der Waals surface area (Å²) in [6, 6.07) is 15.2. The summed E-state index contributed by atoms with van der Waals surface area (Å²) in [5, 5.41) is 3.71. The van der Waals surface area contributed by atoms with Gasteiger partial charge in [0.1, 0.15) is 0 Å². The molecule has 0 aliphatic carbocycles. The monoisotopic (exact) mass is 337 g/mol. The highest BCUT2D eigenvalue weighted by Gasteiger charge is 2.07. The highest BCUT2D eigenvalue weighted by Crippen LogP contribution is 2.21. The van der Waals surface area contributed by atoms with E-state index in [-0.39, 0.29) is 5.78 Å². The van der Waals surface area contributed by atoms with Gasteiger partial charge in [-0.05, 0) is 29.8 Å². The van der Waals surface area contributed by atoms with Crippen LogP contribution in [0, 0.1) is 0 Å². The second-order valence-electron chi connectivity index (χ2n) is 4.17. The molecule has 0 saturated carbocycles. The van der Waals surface area contributed by atoms with Gasteiger partial charge in [-0.15, -0.1) is 0 Å². The molecule has 0 aliphatic heterocycles. The van der Waals surface area contributed by atoms with Gasteiger partial charge in [-0.3, -0.25) is 4.79 Å². The van der Waals surface area contributed by atoms with Crippen LogP contribution in [0.3, 0.4) is 0 Å². The van der Waals surface area contributed by atoms with Gasteiger partial charge < -0.3 is 5.32 Å². The van der Waals surface area contributed by atoms with Crippen LogP contribution in [-0.4, -0.2) is 12.3 Å². The third kappa shape index (κ3) is 4.37. The van der Waals surface area contributed by atoms with Gasteiger partial charge in [0.15, 0.2) is 5.78 Å². The Labute approximate surface area is 125 Å². The molecule has 0 aromatic heterocycles. The molecule has 2 aromatic rings. The minimum atomic E-state index is 0.105. The van der Waals surface area contributed by atoms with Crippen LogP contribution in [0.1, 0.15) is 5.56 Å². The van der Waals surface area contributed by atoms with Crippen LogP contribution in [0.25, 0.3) is 0 Å². The second kappa shape index (κ2) is 6.73. The fourth-order valence-electron chi connectivity index (χ4n) is 1.70. The van der Waals surface area contributed by atoms with Crippen LogP contribution in [0.4, 0.5) is 5.69 Å². The summed E-state index contributed by atoms with van der Waals surface area (Å²) in [6.45, 7) is 0.302. The van der Waals surface area contributed by atoms with E-state index in [1.54, 1.807) is 6.07 Å². The molecule has 0 unspecified atom stereocenters. The Morgan fingerprint density at radius 1 is 1.16 bits per heavy atom. The number of hydrogen-bond donors (Lipinski definition) is 1. The molecule has 19 heavy (non-hydrogen) atoms. The Balaban J connectivity index is 1.91. The molecule has 0 bridgehead atoms. The van der Waals surface area contributed by atoms with Crippen molar-refractivity contribution in [2.24, 2.45) is 0 Å². The maximum absolute atomic E-state index is 11.9. The van der Waals surface area contributed by atoms with Gasteiger partial charge in [-0.2, -0.15) is 0 Å². The standard InChI is InChI=1S/C15H13BrClNO/c16-12-7-6-11(15(17)9-12)8-14(19)10-18-13-4-2-1-3-5-13/h1-7,9,18H,8,10H2. The fourth-order valence-corrected chi connectivity index (χ4v) is 2.44. The smallest absolute Gasteiger partial charge is 0.156 e. The van der Waals surface area contributed by atoms with Gasteiger partial charge >= 0.3 is 0 Å². The first kappa shape index (κ1) is 14.1. The molecule has 2 aromatic carbocycles. The Bertz CT molecular complexity index is 572. The van der Waals surface area contributed by atoms with E-state index in [1.807, 2.05) is 42.5 Å². The van der Waals surface area contributed by atoms with Gasteiger partial charge in [0.25, 0.3) is 0 Å². The number of Topliss-reactive ketones (excluding diaryl/α,β-unsaturated/α-hetero) is 1. The molecule has 0 fully saturated rings. The average molecular weight is 339 g/mol. The molecule has 1 N–H and O–H groups in total. The number of rotatable bonds is 5. The number of anilines is 1. The van der Waals surface area contributed by atoms with E-state index in [1.165, 1.54) is 0 Å². The number of para-hydroxylation sites is 1. The normalized spacial score (nSPS) is 10.2. The molecule has 0 saturated heterocycles. The molecular formula is C15H13BrClNO. The van der Waals surface area contributed by atoms with Crippen LogP contribution in [0.15, 0.2) is 53.0 Å². The van der Waals surface area contributed by atoms with Gasteiger partial charge in [0.05, 0.1) is 6.54 Å². The third-order valence-corrected chi connectivity index (χ3v) is 3.51. The molecule has 0 atom stereocenters. The topological polar surface area (TPSA) is 29.1 Å². The van der Waals surface area contributed by atoms with E-state index in [4.69, 9.17) is 11.6 Å². The van der Waals surface area contributed by atoms with E-state index >= 15 is 0 Å². The average Bonchev–Trinajstić information content (AvgIpc) is 2.41. The lowest BCUT2D eigenvalue weighted by Crippen LogP contribution is -2.16. The summed E-state index contributed by atoms with van der Waals surface area (Å²) in [6.07, 6.45) is 0.339. The quantitative estimate of drug-likeness (QED) is 0.879. The Morgan fingerprint density at radius 2 is 1.89 bits per heavy atom. The number of carbonyl (C=O) groups excluding carboxylic acids is 1. The molecule has 0 spiro atoms. The maximum atomic E-state index is 11.9. The summed E-state index contributed by atoms with van der Waals surface area (Å²) in [5.41, 5.74) is 1.79. The van der Waals surface area contributed by atoms with Crippen molar-refractivity contribution < 1.29 is 4.79 Å². The van der Waals surface area contributed by atoms with Gasteiger partial charge in [0, 0.05) is 21.6 Å². The fraction of sp³-hybridized carbons (Fsp3) is 0.133. The van der Waals surface area contributed by atoms with Crippen molar-refractivity contribution in [2.75, 3.05) is 11.9 Å². The number of hydrogen-bond acceptors (Lipinski definition) is 2. The molecule has 0 aliphatic rings. The van der Waals surface area contributed by atoms with Crippen LogP contribution >= 0.6 is 27.5 Å². The van der Waals surface area contributed by atoms with E-state index in [0.717, 1.165) is 15.7 Å². The van der Waals surface area contributed by atoms with E-state index < -0.39 is 0 Å². The van der Waals surface area contributed by atoms with E-state index in [0.29, 0.717) is 18.0 Å². The summed E-state index contributed by atoms with van der Waals surface area (Å²) < 4.78 is 0.913. The molecule has 2 rings (SSSR count). The maximum Gasteiger partial charge on any atom is 0.156 e. The van der Waals surface area contributed by atoms with Crippen molar-refractivity contribution in [3.63, 3.8) is 0 Å². The van der Waals surface area contributed by atoms with Crippen LogP contribution in [0.2, 0.25) is 5.02 Å². The Morgan fingerprint density at radius 3 is 2.58 bits per heavy atom. The van der Waals surface area contributed by atoms with E-state index in [9.17, 15) is 4.79 Å². The second-order valence-corrected chi connectivity index (χ2v) is 5.49. The van der Waals surface area contributed by atoms with Crippen molar-refractivity contribution >= 4 is 39.0 Å². The molecule has 4 heteroatoms. The lowest BCUT2D eigenvalue weighted by Gasteiger charge is -2.07. The zero-order valence-corrected chi connectivity index (χ0v) is 12.5. The predicted octanol–water partition coefficient (Wildman–Crippen LogP) is 4.33. The SMILES string of the molecule is O=C(CNc1ccccc1)Cc1ccc(Br)cc1Cl. The summed E-state index contributed by atoms with van der Waals surface area (Å²) in [7, 11) is 0. The molecular weight excluding hydrogens is 326 g/mol. The van der Waals surface area contributed by atoms with Crippen molar-refractivity contribution in [3.05, 3.63) is 63.6 Å².